The molecule has 1 fully saturated rings. The second-order valence-corrected chi connectivity index (χ2v) is 7.27. The summed E-state index contributed by atoms with van der Waals surface area (Å²) in [5.74, 6) is 0.645. The maximum Gasteiger partial charge on any atom is 0.293 e. The van der Waals surface area contributed by atoms with Crippen LogP contribution in [0.4, 0.5) is 4.79 Å². The van der Waals surface area contributed by atoms with Crippen molar-refractivity contribution in [2.45, 2.75) is 27.2 Å². The third kappa shape index (κ3) is 5.28. The molecule has 0 spiro atoms. The minimum atomic E-state index is -0.361. The third-order valence-corrected chi connectivity index (χ3v) is 5.26. The fraction of sp³-hybridized carbons (Fsp3) is 0.450. The van der Waals surface area contributed by atoms with Crippen molar-refractivity contribution in [3.63, 3.8) is 0 Å². The van der Waals surface area contributed by atoms with Gasteiger partial charge in [-0.2, -0.15) is 0 Å². The van der Waals surface area contributed by atoms with Crippen LogP contribution in [0.1, 0.15) is 32.8 Å². The normalized spacial score (nSPS) is 16.4. The Kier molecular flexibility index (Phi) is 7.92. The molecule has 1 heterocycles. The highest BCUT2D eigenvalue weighted by atomic mass is 32.2. The molecule has 0 aromatic heterocycles. The Labute approximate surface area is 169 Å². The molecule has 1 aromatic carbocycles. The zero-order valence-corrected chi connectivity index (χ0v) is 17.4. The van der Waals surface area contributed by atoms with Crippen LogP contribution in [0, 0.1) is 5.92 Å². The molecule has 28 heavy (non-hydrogen) atoms. The number of carbonyl (C=O) groups excluding carboxylic acids is 3. The van der Waals surface area contributed by atoms with E-state index in [4.69, 9.17) is 9.47 Å². The second-order valence-electron chi connectivity index (χ2n) is 6.28. The van der Waals surface area contributed by atoms with Gasteiger partial charge in [-0.3, -0.25) is 19.3 Å². The van der Waals surface area contributed by atoms with Gasteiger partial charge in [0, 0.05) is 19.0 Å². The fourth-order valence-electron chi connectivity index (χ4n) is 2.54. The first-order chi connectivity index (χ1) is 13.4. The number of imide groups is 1. The molecule has 152 valence electrons. The number of thioether (sulfide) groups is 1. The van der Waals surface area contributed by atoms with Gasteiger partial charge in [-0.1, -0.05) is 19.9 Å². The van der Waals surface area contributed by atoms with Crippen molar-refractivity contribution in [2.75, 3.05) is 26.8 Å². The highest BCUT2D eigenvalue weighted by molar-refractivity contribution is 8.18. The lowest BCUT2D eigenvalue weighted by Crippen LogP contribution is -2.38. The number of benzene rings is 1. The molecular weight excluding hydrogens is 380 g/mol. The van der Waals surface area contributed by atoms with Crippen molar-refractivity contribution < 1.29 is 23.9 Å². The molecule has 0 radical (unpaired) electrons. The average Bonchev–Trinajstić information content (AvgIpc) is 2.95. The van der Waals surface area contributed by atoms with Crippen molar-refractivity contribution >= 4 is 34.9 Å². The lowest BCUT2D eigenvalue weighted by atomic mass is 10.1. The molecule has 8 heteroatoms. The average molecular weight is 407 g/mol. The molecule has 1 aromatic rings. The van der Waals surface area contributed by atoms with Crippen LogP contribution in [0.5, 0.6) is 11.5 Å². The molecule has 0 bridgehead atoms. The summed E-state index contributed by atoms with van der Waals surface area (Å²) in [6.45, 7) is 6.56. The number of amides is 3. The molecule has 1 aliphatic heterocycles. The molecular formula is C20H26N2O5S. The lowest BCUT2D eigenvalue weighted by molar-refractivity contribution is -0.126. The van der Waals surface area contributed by atoms with Gasteiger partial charge in [0.1, 0.15) is 0 Å². The Morgan fingerprint density at radius 3 is 2.68 bits per heavy atom. The number of hydrogen-bond donors (Lipinski definition) is 1. The van der Waals surface area contributed by atoms with E-state index in [1.807, 2.05) is 20.8 Å². The Bertz CT molecular complexity index is 778. The van der Waals surface area contributed by atoms with Crippen molar-refractivity contribution in [1.29, 1.82) is 0 Å². The predicted octanol–water partition coefficient (Wildman–Crippen LogP) is 3.29. The van der Waals surface area contributed by atoms with Gasteiger partial charge in [0.05, 0.1) is 18.6 Å². The fourth-order valence-corrected chi connectivity index (χ4v) is 3.41. The maximum atomic E-state index is 12.6. The summed E-state index contributed by atoms with van der Waals surface area (Å²) in [6.07, 6.45) is 2.39. The van der Waals surface area contributed by atoms with Crippen LogP contribution >= 0.6 is 11.8 Å². The van der Waals surface area contributed by atoms with Crippen LogP contribution in [0.15, 0.2) is 23.1 Å². The molecule has 7 nitrogen and oxygen atoms in total. The van der Waals surface area contributed by atoms with E-state index >= 15 is 0 Å². The van der Waals surface area contributed by atoms with Crippen LogP contribution < -0.4 is 14.8 Å². The standard InChI is InChI=1S/C20H26N2O5S/c1-5-13(3)18(23)21-9-10-22-19(24)17(28-20(22)25)12-14-7-8-15(27-6-2)16(11-14)26-4/h7-8,11-13H,5-6,9-10H2,1-4H3,(H,21,23). The third-order valence-electron chi connectivity index (χ3n) is 4.35. The molecule has 3 amide bonds. The number of rotatable bonds is 9. The van der Waals surface area contributed by atoms with E-state index in [1.165, 1.54) is 0 Å². The first kappa shape index (κ1) is 21.8. The monoisotopic (exact) mass is 406 g/mol. The largest absolute Gasteiger partial charge is 0.493 e. The summed E-state index contributed by atoms with van der Waals surface area (Å²) in [4.78, 5) is 38.0. The van der Waals surface area contributed by atoms with E-state index in [-0.39, 0.29) is 36.1 Å². The summed E-state index contributed by atoms with van der Waals surface area (Å²) in [7, 11) is 1.54. The van der Waals surface area contributed by atoms with Gasteiger partial charge in [-0.25, -0.2) is 0 Å². The van der Waals surface area contributed by atoms with Crippen LogP contribution in [0.2, 0.25) is 0 Å². The predicted molar refractivity (Wildman–Crippen MR) is 109 cm³/mol. The molecule has 0 aliphatic carbocycles. The van der Waals surface area contributed by atoms with Gasteiger partial charge >= 0.3 is 0 Å². The maximum absolute atomic E-state index is 12.6. The minimum absolute atomic E-state index is 0.0773. The summed E-state index contributed by atoms with van der Waals surface area (Å²) in [5.41, 5.74) is 0.732. The number of hydrogen-bond acceptors (Lipinski definition) is 6. The van der Waals surface area contributed by atoms with Crippen LogP contribution in [-0.2, 0) is 9.59 Å². The molecule has 1 saturated heterocycles. The first-order valence-electron chi connectivity index (χ1n) is 9.25. The summed E-state index contributed by atoms with van der Waals surface area (Å²) in [6, 6.07) is 5.32. The van der Waals surface area contributed by atoms with Crippen LogP contribution in [-0.4, -0.2) is 48.8 Å². The zero-order valence-electron chi connectivity index (χ0n) is 16.6. The second kappa shape index (κ2) is 10.2. The van der Waals surface area contributed by atoms with E-state index in [1.54, 1.807) is 31.4 Å². The highest BCUT2D eigenvalue weighted by Gasteiger charge is 2.34. The van der Waals surface area contributed by atoms with E-state index in [0.29, 0.717) is 23.0 Å². The van der Waals surface area contributed by atoms with Gasteiger partial charge in [-0.05, 0) is 48.9 Å². The van der Waals surface area contributed by atoms with Crippen LogP contribution in [0.25, 0.3) is 6.08 Å². The number of nitrogens with zero attached hydrogens (tertiary/aromatic N) is 1. The molecule has 1 unspecified atom stereocenters. The molecule has 1 atom stereocenters. The molecule has 2 rings (SSSR count). The van der Waals surface area contributed by atoms with E-state index < -0.39 is 0 Å². The SMILES string of the molecule is CCOc1ccc(C=C2SC(=O)N(CCNC(=O)C(C)CC)C2=O)cc1OC. The summed E-state index contributed by atoms with van der Waals surface area (Å²) >= 11 is 0.888. The van der Waals surface area contributed by atoms with E-state index in [2.05, 4.69) is 5.32 Å². The number of nitrogens with one attached hydrogen (secondary N) is 1. The summed E-state index contributed by atoms with van der Waals surface area (Å²) in [5, 5.41) is 2.41. The number of methoxy groups -OCH3 is 1. The minimum Gasteiger partial charge on any atom is -0.493 e. The molecule has 0 saturated carbocycles. The van der Waals surface area contributed by atoms with Crippen molar-refractivity contribution in [3.8, 4) is 11.5 Å². The van der Waals surface area contributed by atoms with Gasteiger partial charge in [-0.15, -0.1) is 0 Å². The van der Waals surface area contributed by atoms with Gasteiger partial charge in [0.2, 0.25) is 5.91 Å². The Hall–Kier alpha value is -2.48. The molecule has 1 aliphatic rings. The van der Waals surface area contributed by atoms with E-state index in [0.717, 1.165) is 28.6 Å². The number of carbonyl (C=O) groups is 3. The van der Waals surface area contributed by atoms with Gasteiger partial charge in [0.15, 0.2) is 11.5 Å². The van der Waals surface area contributed by atoms with Crippen molar-refractivity contribution in [2.24, 2.45) is 5.92 Å². The highest BCUT2D eigenvalue weighted by Crippen LogP contribution is 2.34. The van der Waals surface area contributed by atoms with Gasteiger partial charge < -0.3 is 14.8 Å². The summed E-state index contributed by atoms with van der Waals surface area (Å²) < 4.78 is 10.8. The first-order valence-corrected chi connectivity index (χ1v) is 10.1. The van der Waals surface area contributed by atoms with Crippen molar-refractivity contribution in [1.82, 2.24) is 10.2 Å². The lowest BCUT2D eigenvalue weighted by Gasteiger charge is -2.14. The zero-order chi connectivity index (χ0) is 20.7. The number of ether oxygens (including phenoxy) is 2. The molecule has 1 N–H and O–H groups in total. The Balaban J connectivity index is 2.05. The quantitative estimate of drug-likeness (QED) is 0.634. The Morgan fingerprint density at radius 2 is 2.04 bits per heavy atom. The topological polar surface area (TPSA) is 84.9 Å². The van der Waals surface area contributed by atoms with E-state index in [9.17, 15) is 14.4 Å². The van der Waals surface area contributed by atoms with Crippen LogP contribution in [0.3, 0.4) is 0 Å². The van der Waals surface area contributed by atoms with Crippen molar-refractivity contribution in [3.05, 3.63) is 28.7 Å². The smallest absolute Gasteiger partial charge is 0.293 e. The van der Waals surface area contributed by atoms with Gasteiger partial charge in [0.25, 0.3) is 11.1 Å². The Morgan fingerprint density at radius 1 is 1.29 bits per heavy atom.